The smallest absolute Gasteiger partial charge is 0.416 e. The highest BCUT2D eigenvalue weighted by Gasteiger charge is 2.38. The van der Waals surface area contributed by atoms with E-state index in [0.29, 0.717) is 4.90 Å². The van der Waals surface area contributed by atoms with Crippen molar-refractivity contribution in [2.45, 2.75) is 72.6 Å². The van der Waals surface area contributed by atoms with Crippen molar-refractivity contribution in [1.82, 2.24) is 10.2 Å². The minimum absolute atomic E-state index is 0.0717. The summed E-state index contributed by atoms with van der Waals surface area (Å²) in [4.78, 5) is 49.8. The van der Waals surface area contributed by atoms with Gasteiger partial charge >= 0.3 is 18.2 Å². The Kier molecular flexibility index (Phi) is 8.75. The van der Waals surface area contributed by atoms with Crippen molar-refractivity contribution < 1.29 is 33.4 Å². The van der Waals surface area contributed by atoms with Crippen LogP contribution in [0.25, 0.3) is 0 Å². The second-order valence-corrected chi connectivity index (χ2v) is 8.04. The van der Waals surface area contributed by atoms with Gasteiger partial charge in [0.15, 0.2) is 0 Å². The first kappa shape index (κ1) is 24.7. The number of carbonyl (C=O) groups excluding carboxylic acids is 4. The van der Waals surface area contributed by atoms with Crippen molar-refractivity contribution in [1.29, 1.82) is 0 Å². The second kappa shape index (κ2) is 9.57. The topological polar surface area (TPSA) is 111 Å². The molecule has 3 amide bonds. The number of hydrogen-bond acceptors (Lipinski definition) is 7. The van der Waals surface area contributed by atoms with Crippen molar-refractivity contribution >= 4 is 24.1 Å². The van der Waals surface area contributed by atoms with Crippen LogP contribution in [0.4, 0.5) is 9.59 Å². The third-order valence-electron chi connectivity index (χ3n) is 3.09. The van der Waals surface area contributed by atoms with Crippen molar-refractivity contribution in [2.75, 3.05) is 13.7 Å². The van der Waals surface area contributed by atoms with Crippen LogP contribution in [0.15, 0.2) is 0 Å². The van der Waals surface area contributed by atoms with Gasteiger partial charge in [-0.15, -0.1) is 0 Å². The van der Waals surface area contributed by atoms with Gasteiger partial charge in [0.1, 0.15) is 17.2 Å². The first-order valence-corrected chi connectivity index (χ1v) is 8.75. The van der Waals surface area contributed by atoms with Gasteiger partial charge in [-0.2, -0.15) is 0 Å². The standard InChI is InChI=1S/C18H32N2O7/c1-10-25-16(24)20(9)13(21)12(19-15(23)27-18(6,7)8)11(2)14(22)26-17(3,4)5/h11-12H,10H2,1-9H3,(H,19,23)/t11-,12?/m0/s1. The van der Waals surface area contributed by atoms with E-state index in [2.05, 4.69) is 5.32 Å². The van der Waals surface area contributed by atoms with Crippen LogP contribution in [-0.2, 0) is 23.8 Å². The van der Waals surface area contributed by atoms with E-state index < -0.39 is 47.2 Å². The molecule has 0 spiro atoms. The molecule has 1 unspecified atom stereocenters. The van der Waals surface area contributed by atoms with Gasteiger partial charge in [0.05, 0.1) is 12.5 Å². The van der Waals surface area contributed by atoms with Crippen LogP contribution in [0.3, 0.4) is 0 Å². The Bertz CT molecular complexity index is 561. The van der Waals surface area contributed by atoms with Crippen molar-refractivity contribution in [3.8, 4) is 0 Å². The lowest BCUT2D eigenvalue weighted by Crippen LogP contribution is -2.55. The summed E-state index contributed by atoms with van der Waals surface area (Å²) in [6.07, 6.45) is -1.79. The van der Waals surface area contributed by atoms with E-state index in [1.54, 1.807) is 48.5 Å². The maximum Gasteiger partial charge on any atom is 0.416 e. The number of imide groups is 1. The van der Waals surface area contributed by atoms with Crippen LogP contribution in [0.5, 0.6) is 0 Å². The summed E-state index contributed by atoms with van der Waals surface area (Å²) in [7, 11) is 1.20. The van der Waals surface area contributed by atoms with Gasteiger partial charge in [0, 0.05) is 7.05 Å². The van der Waals surface area contributed by atoms with E-state index in [1.807, 2.05) is 0 Å². The number of carbonyl (C=O) groups is 4. The molecule has 0 heterocycles. The minimum atomic E-state index is -1.37. The number of amides is 3. The summed E-state index contributed by atoms with van der Waals surface area (Å²) in [6.45, 7) is 13.1. The van der Waals surface area contributed by atoms with E-state index in [9.17, 15) is 19.2 Å². The minimum Gasteiger partial charge on any atom is -0.460 e. The average molecular weight is 388 g/mol. The molecule has 9 heteroatoms. The fraction of sp³-hybridized carbons (Fsp3) is 0.778. The van der Waals surface area contributed by atoms with Crippen LogP contribution in [0.2, 0.25) is 0 Å². The Hall–Kier alpha value is -2.32. The molecule has 0 aromatic heterocycles. The SMILES string of the molecule is CCOC(=O)N(C)C(=O)C(NC(=O)OC(C)(C)C)[C@H](C)C(=O)OC(C)(C)C. The van der Waals surface area contributed by atoms with E-state index in [0.717, 1.165) is 0 Å². The highest BCUT2D eigenvalue weighted by Crippen LogP contribution is 2.16. The van der Waals surface area contributed by atoms with Crippen molar-refractivity contribution in [3.63, 3.8) is 0 Å². The van der Waals surface area contributed by atoms with Crippen LogP contribution >= 0.6 is 0 Å². The predicted molar refractivity (Wildman–Crippen MR) is 98.0 cm³/mol. The van der Waals surface area contributed by atoms with Crippen LogP contribution in [-0.4, -0.2) is 59.9 Å². The molecule has 0 saturated carbocycles. The number of ether oxygens (including phenoxy) is 3. The molecule has 0 aliphatic carbocycles. The molecule has 0 saturated heterocycles. The van der Waals surface area contributed by atoms with Crippen LogP contribution < -0.4 is 5.32 Å². The molecular formula is C18H32N2O7. The van der Waals surface area contributed by atoms with Crippen LogP contribution in [0.1, 0.15) is 55.4 Å². The molecule has 0 aromatic rings. The average Bonchev–Trinajstić information content (AvgIpc) is 2.47. The van der Waals surface area contributed by atoms with Gasteiger partial charge in [0.25, 0.3) is 5.91 Å². The maximum absolute atomic E-state index is 12.7. The third kappa shape index (κ3) is 9.25. The molecule has 0 aliphatic rings. The molecule has 0 radical (unpaired) electrons. The van der Waals surface area contributed by atoms with Crippen molar-refractivity contribution in [2.24, 2.45) is 5.92 Å². The highest BCUT2D eigenvalue weighted by atomic mass is 16.6. The van der Waals surface area contributed by atoms with Crippen LogP contribution in [0, 0.1) is 5.92 Å². The zero-order valence-corrected chi connectivity index (χ0v) is 17.7. The number of likely N-dealkylation sites (N-methyl/N-ethyl adjacent to an activating group) is 1. The lowest BCUT2D eigenvalue weighted by Gasteiger charge is -2.29. The largest absolute Gasteiger partial charge is 0.460 e. The highest BCUT2D eigenvalue weighted by molar-refractivity contribution is 5.98. The lowest BCUT2D eigenvalue weighted by atomic mass is 10.0. The number of nitrogens with zero attached hydrogens (tertiary/aromatic N) is 1. The monoisotopic (exact) mass is 388 g/mol. The third-order valence-corrected chi connectivity index (χ3v) is 3.09. The molecular weight excluding hydrogens is 356 g/mol. The molecule has 27 heavy (non-hydrogen) atoms. The molecule has 0 aromatic carbocycles. The van der Waals surface area contributed by atoms with Gasteiger partial charge in [0.2, 0.25) is 0 Å². The first-order valence-electron chi connectivity index (χ1n) is 8.75. The van der Waals surface area contributed by atoms with E-state index in [4.69, 9.17) is 14.2 Å². The summed E-state index contributed by atoms with van der Waals surface area (Å²) in [6, 6.07) is -1.37. The first-order chi connectivity index (χ1) is 12.1. The molecule has 0 aliphatic heterocycles. The summed E-state index contributed by atoms with van der Waals surface area (Å²) >= 11 is 0. The van der Waals surface area contributed by atoms with Gasteiger partial charge in [-0.25, -0.2) is 14.5 Å². The number of alkyl carbamates (subject to hydrolysis) is 1. The lowest BCUT2D eigenvalue weighted by molar-refractivity contribution is -0.162. The predicted octanol–water partition coefficient (Wildman–Crippen LogP) is 2.47. The summed E-state index contributed by atoms with van der Waals surface area (Å²) in [5.74, 6) is -2.59. The molecule has 0 fully saturated rings. The summed E-state index contributed by atoms with van der Waals surface area (Å²) in [5.41, 5.74) is -1.59. The molecule has 1 N–H and O–H groups in total. The Morgan fingerprint density at radius 3 is 1.85 bits per heavy atom. The Balaban J connectivity index is 5.54. The van der Waals surface area contributed by atoms with E-state index >= 15 is 0 Å². The molecule has 9 nitrogen and oxygen atoms in total. The molecule has 156 valence electrons. The second-order valence-electron chi connectivity index (χ2n) is 8.04. The van der Waals surface area contributed by atoms with E-state index in [1.165, 1.54) is 14.0 Å². The number of nitrogens with one attached hydrogen (secondary N) is 1. The quantitative estimate of drug-likeness (QED) is 0.569. The number of esters is 1. The molecule has 2 atom stereocenters. The Morgan fingerprint density at radius 2 is 1.44 bits per heavy atom. The van der Waals surface area contributed by atoms with Gasteiger partial charge < -0.3 is 19.5 Å². The van der Waals surface area contributed by atoms with Crippen molar-refractivity contribution in [3.05, 3.63) is 0 Å². The molecule has 0 rings (SSSR count). The normalized spacial score (nSPS) is 13.8. The van der Waals surface area contributed by atoms with Gasteiger partial charge in [-0.3, -0.25) is 9.59 Å². The van der Waals surface area contributed by atoms with Gasteiger partial charge in [-0.1, -0.05) is 0 Å². The maximum atomic E-state index is 12.7. The summed E-state index contributed by atoms with van der Waals surface area (Å²) in [5, 5.41) is 2.36. The number of hydrogen-bond donors (Lipinski definition) is 1. The fourth-order valence-electron chi connectivity index (χ4n) is 1.88. The van der Waals surface area contributed by atoms with E-state index in [-0.39, 0.29) is 6.61 Å². The fourth-order valence-corrected chi connectivity index (χ4v) is 1.88. The Morgan fingerprint density at radius 1 is 0.963 bits per heavy atom. The zero-order valence-electron chi connectivity index (χ0n) is 17.7. The number of rotatable bonds is 5. The zero-order chi connectivity index (χ0) is 21.6. The Labute approximate surface area is 160 Å². The van der Waals surface area contributed by atoms with Gasteiger partial charge in [-0.05, 0) is 55.4 Å². The summed E-state index contributed by atoms with van der Waals surface area (Å²) < 4.78 is 15.2. The molecule has 0 bridgehead atoms.